The van der Waals surface area contributed by atoms with Crippen molar-refractivity contribution in [3.05, 3.63) is 35.4 Å². The third kappa shape index (κ3) is 3.09. The van der Waals surface area contributed by atoms with Crippen LogP contribution in [0.1, 0.15) is 22.8 Å². The zero-order chi connectivity index (χ0) is 13.0. The van der Waals surface area contributed by atoms with E-state index in [1.54, 1.807) is 7.11 Å². The Morgan fingerprint density at radius 3 is 2.78 bits per heavy atom. The molecule has 0 bridgehead atoms. The fourth-order valence-corrected chi connectivity index (χ4v) is 2.21. The fraction of sp³-hybridized carbons (Fsp3) is 0.500. The van der Waals surface area contributed by atoms with Gasteiger partial charge in [0.05, 0.1) is 6.61 Å². The molecule has 0 aromatic heterocycles. The van der Waals surface area contributed by atoms with Crippen molar-refractivity contribution >= 4 is 5.91 Å². The molecule has 4 nitrogen and oxygen atoms in total. The highest BCUT2D eigenvalue weighted by atomic mass is 16.5. The van der Waals surface area contributed by atoms with Crippen LogP contribution in [0.25, 0.3) is 0 Å². The molecule has 1 atom stereocenters. The van der Waals surface area contributed by atoms with Crippen LogP contribution in [0.5, 0.6) is 0 Å². The minimum atomic E-state index is 0.118. The molecule has 1 unspecified atom stereocenters. The molecule has 0 spiro atoms. The predicted molar refractivity (Wildman–Crippen MR) is 70.5 cm³/mol. The number of amides is 1. The largest absolute Gasteiger partial charge is 0.380 e. The number of piperazine rings is 1. The monoisotopic (exact) mass is 248 g/mol. The van der Waals surface area contributed by atoms with Crippen LogP contribution in [0.3, 0.4) is 0 Å². The van der Waals surface area contributed by atoms with Gasteiger partial charge in [0.1, 0.15) is 0 Å². The van der Waals surface area contributed by atoms with Gasteiger partial charge < -0.3 is 15.0 Å². The summed E-state index contributed by atoms with van der Waals surface area (Å²) >= 11 is 0. The van der Waals surface area contributed by atoms with E-state index < -0.39 is 0 Å². The van der Waals surface area contributed by atoms with Crippen LogP contribution >= 0.6 is 0 Å². The Kier molecular flexibility index (Phi) is 4.33. The van der Waals surface area contributed by atoms with Crippen LogP contribution in [0.15, 0.2) is 24.3 Å². The molecule has 4 heteroatoms. The van der Waals surface area contributed by atoms with Gasteiger partial charge in [-0.3, -0.25) is 4.79 Å². The average Bonchev–Trinajstić information content (AvgIpc) is 2.39. The van der Waals surface area contributed by atoms with Crippen molar-refractivity contribution in [3.8, 4) is 0 Å². The molecule has 1 aliphatic heterocycles. The average molecular weight is 248 g/mol. The van der Waals surface area contributed by atoms with Gasteiger partial charge in [0, 0.05) is 38.3 Å². The molecule has 0 aliphatic carbocycles. The quantitative estimate of drug-likeness (QED) is 0.876. The number of benzene rings is 1. The van der Waals surface area contributed by atoms with E-state index in [4.69, 9.17) is 4.74 Å². The maximum absolute atomic E-state index is 12.3. The molecule has 1 saturated heterocycles. The Balaban J connectivity index is 2.03. The summed E-state index contributed by atoms with van der Waals surface area (Å²) in [6.45, 7) is 5.11. The van der Waals surface area contributed by atoms with Crippen molar-refractivity contribution < 1.29 is 9.53 Å². The highest BCUT2D eigenvalue weighted by Crippen LogP contribution is 2.10. The first-order chi connectivity index (χ1) is 8.70. The van der Waals surface area contributed by atoms with Crippen LogP contribution in [0, 0.1) is 0 Å². The maximum Gasteiger partial charge on any atom is 0.253 e. The van der Waals surface area contributed by atoms with E-state index in [0.29, 0.717) is 12.6 Å². The molecule has 2 rings (SSSR count). The second-order valence-electron chi connectivity index (χ2n) is 4.74. The van der Waals surface area contributed by atoms with Crippen LogP contribution in [-0.4, -0.2) is 43.6 Å². The number of methoxy groups -OCH3 is 1. The summed E-state index contributed by atoms with van der Waals surface area (Å²) in [4.78, 5) is 14.2. The molecule has 1 heterocycles. The molecule has 1 aliphatic rings. The molecule has 98 valence electrons. The zero-order valence-corrected chi connectivity index (χ0v) is 11.0. The molecule has 1 fully saturated rings. The predicted octanol–water partition coefficient (Wildman–Crippen LogP) is 1.27. The number of hydrogen-bond donors (Lipinski definition) is 1. The third-order valence-corrected chi connectivity index (χ3v) is 3.17. The Morgan fingerprint density at radius 1 is 1.44 bits per heavy atom. The Bertz CT molecular complexity index is 403. The number of carbonyl (C=O) groups excluding carboxylic acids is 1. The van der Waals surface area contributed by atoms with Gasteiger partial charge in [-0.05, 0) is 24.6 Å². The van der Waals surface area contributed by atoms with Crippen molar-refractivity contribution in [1.29, 1.82) is 0 Å². The van der Waals surface area contributed by atoms with E-state index in [9.17, 15) is 4.79 Å². The highest BCUT2D eigenvalue weighted by molar-refractivity contribution is 5.94. The van der Waals surface area contributed by atoms with Crippen LogP contribution < -0.4 is 5.32 Å². The van der Waals surface area contributed by atoms with Crippen molar-refractivity contribution in [1.82, 2.24) is 10.2 Å². The van der Waals surface area contributed by atoms with Gasteiger partial charge in [0.25, 0.3) is 5.91 Å². The number of carbonyl (C=O) groups is 1. The Hall–Kier alpha value is -1.39. The molecule has 1 amide bonds. The van der Waals surface area contributed by atoms with Gasteiger partial charge in [0.15, 0.2) is 0 Å². The van der Waals surface area contributed by atoms with Gasteiger partial charge in [-0.15, -0.1) is 0 Å². The molecule has 1 aromatic rings. The van der Waals surface area contributed by atoms with Gasteiger partial charge in [-0.2, -0.15) is 0 Å². The Labute approximate surface area is 108 Å². The second kappa shape index (κ2) is 5.98. The van der Waals surface area contributed by atoms with E-state index >= 15 is 0 Å². The van der Waals surface area contributed by atoms with Gasteiger partial charge >= 0.3 is 0 Å². The number of hydrogen-bond acceptors (Lipinski definition) is 3. The lowest BCUT2D eigenvalue weighted by Crippen LogP contribution is -2.51. The molecule has 0 saturated carbocycles. The smallest absolute Gasteiger partial charge is 0.253 e. The summed E-state index contributed by atoms with van der Waals surface area (Å²) in [5.74, 6) is 0.118. The first-order valence-corrected chi connectivity index (χ1v) is 6.31. The summed E-state index contributed by atoms with van der Waals surface area (Å²) in [7, 11) is 1.67. The summed E-state index contributed by atoms with van der Waals surface area (Å²) in [5.41, 5.74) is 1.84. The first kappa shape index (κ1) is 13.1. The lowest BCUT2D eigenvalue weighted by atomic mass is 10.1. The first-order valence-electron chi connectivity index (χ1n) is 6.31. The fourth-order valence-electron chi connectivity index (χ4n) is 2.21. The van der Waals surface area contributed by atoms with Crippen molar-refractivity contribution in [2.45, 2.75) is 19.6 Å². The van der Waals surface area contributed by atoms with Crippen molar-refractivity contribution in [2.24, 2.45) is 0 Å². The third-order valence-electron chi connectivity index (χ3n) is 3.17. The second-order valence-corrected chi connectivity index (χ2v) is 4.74. The molecular weight excluding hydrogens is 228 g/mol. The van der Waals surface area contributed by atoms with E-state index in [1.165, 1.54) is 0 Å². The summed E-state index contributed by atoms with van der Waals surface area (Å²) < 4.78 is 5.06. The summed E-state index contributed by atoms with van der Waals surface area (Å²) in [6.07, 6.45) is 0. The van der Waals surface area contributed by atoms with E-state index in [2.05, 4.69) is 12.2 Å². The van der Waals surface area contributed by atoms with E-state index in [1.807, 2.05) is 29.2 Å². The topological polar surface area (TPSA) is 41.6 Å². The molecule has 1 N–H and O–H groups in total. The van der Waals surface area contributed by atoms with Crippen molar-refractivity contribution in [3.63, 3.8) is 0 Å². The van der Waals surface area contributed by atoms with Crippen LogP contribution in [0.4, 0.5) is 0 Å². The van der Waals surface area contributed by atoms with E-state index in [-0.39, 0.29) is 5.91 Å². The molecular formula is C14H20N2O2. The normalized spacial score (nSPS) is 19.9. The lowest BCUT2D eigenvalue weighted by molar-refractivity contribution is 0.0709. The number of nitrogens with zero attached hydrogens (tertiary/aromatic N) is 1. The maximum atomic E-state index is 12.3. The number of nitrogens with one attached hydrogen (secondary N) is 1. The van der Waals surface area contributed by atoms with Crippen molar-refractivity contribution in [2.75, 3.05) is 26.7 Å². The number of rotatable bonds is 3. The highest BCUT2D eigenvalue weighted by Gasteiger charge is 2.21. The minimum Gasteiger partial charge on any atom is -0.380 e. The molecule has 18 heavy (non-hydrogen) atoms. The van der Waals surface area contributed by atoms with Crippen LogP contribution in [-0.2, 0) is 11.3 Å². The Morgan fingerprint density at radius 2 is 2.17 bits per heavy atom. The summed E-state index contributed by atoms with van der Waals surface area (Å²) in [6, 6.07) is 8.02. The minimum absolute atomic E-state index is 0.118. The molecule has 1 aromatic carbocycles. The van der Waals surface area contributed by atoms with E-state index in [0.717, 1.165) is 30.8 Å². The van der Waals surface area contributed by atoms with Crippen LogP contribution in [0.2, 0.25) is 0 Å². The standard InChI is InChI=1S/C14H20N2O2/c1-11-9-16(8-7-15-11)14(17)13-5-3-12(4-6-13)10-18-2/h3-6,11,15H,7-10H2,1-2H3. The zero-order valence-electron chi connectivity index (χ0n) is 11.0. The SMILES string of the molecule is COCc1ccc(C(=O)N2CCNC(C)C2)cc1. The molecule has 0 radical (unpaired) electrons. The lowest BCUT2D eigenvalue weighted by Gasteiger charge is -2.32. The number of ether oxygens (including phenoxy) is 1. The van der Waals surface area contributed by atoms with Gasteiger partial charge in [-0.25, -0.2) is 0 Å². The summed E-state index contributed by atoms with van der Waals surface area (Å²) in [5, 5.41) is 3.33. The van der Waals surface area contributed by atoms with Gasteiger partial charge in [0.2, 0.25) is 0 Å². The van der Waals surface area contributed by atoms with Gasteiger partial charge in [-0.1, -0.05) is 12.1 Å².